The van der Waals surface area contributed by atoms with Crippen LogP contribution in [0.15, 0.2) is 52.7 Å². The van der Waals surface area contributed by atoms with E-state index in [0.29, 0.717) is 6.54 Å². The predicted molar refractivity (Wildman–Crippen MR) is 90.5 cm³/mol. The molecule has 1 atom stereocenters. The van der Waals surface area contributed by atoms with Crippen molar-refractivity contribution in [2.45, 2.75) is 33.1 Å². The molecule has 3 nitrogen and oxygen atoms in total. The van der Waals surface area contributed by atoms with Crippen LogP contribution in [0.1, 0.15) is 33.1 Å². The Hall–Kier alpha value is -1.94. The first-order valence-corrected chi connectivity index (χ1v) is 7.69. The molecule has 1 aromatic rings. The number of benzene rings is 1. The Morgan fingerprint density at radius 1 is 1.32 bits per heavy atom. The van der Waals surface area contributed by atoms with Crippen LogP contribution in [0.25, 0.3) is 0 Å². The molecule has 0 bridgehead atoms. The van der Waals surface area contributed by atoms with Crippen LogP contribution in [0.4, 0.5) is 10.1 Å². The van der Waals surface area contributed by atoms with Crippen LogP contribution in [-0.4, -0.2) is 12.3 Å². The van der Waals surface area contributed by atoms with Gasteiger partial charge in [-0.3, -0.25) is 0 Å². The Morgan fingerprint density at radius 2 is 2.00 bits per heavy atom. The molecule has 1 aliphatic rings. The standard InChI is InChI=1S/C18H24FN3/c1-3-4-14-9-17(13(11-20)10-18(14,2)12-21)22-16-7-5-15(19)6-8-16/h5-9,11H,3-4,10,12,20-21H2,1-2H3. The molecule has 1 aliphatic carbocycles. The molecule has 0 fully saturated rings. The Morgan fingerprint density at radius 3 is 2.55 bits per heavy atom. The second-order valence-corrected chi connectivity index (χ2v) is 6.03. The Bertz CT molecular complexity index is 614. The van der Waals surface area contributed by atoms with Crippen molar-refractivity contribution in [2.75, 3.05) is 6.54 Å². The maximum atomic E-state index is 13.0. The molecule has 0 amide bonds. The normalized spacial score (nSPS) is 25.5. The number of allylic oxidation sites excluding steroid dienone is 2. The fourth-order valence-corrected chi connectivity index (χ4v) is 2.81. The van der Waals surface area contributed by atoms with Gasteiger partial charge in [0.1, 0.15) is 5.82 Å². The van der Waals surface area contributed by atoms with Gasteiger partial charge in [0.05, 0.1) is 11.4 Å². The van der Waals surface area contributed by atoms with E-state index in [1.165, 1.54) is 17.7 Å². The van der Waals surface area contributed by atoms with Crippen LogP contribution in [-0.2, 0) is 0 Å². The second kappa shape index (κ2) is 6.88. The SMILES string of the molecule is CCCC1=CC(=Nc2ccc(F)cc2)C(=CN)CC1(C)CN. The fraction of sp³-hybridized carbons (Fsp3) is 0.389. The van der Waals surface area contributed by atoms with E-state index in [1.54, 1.807) is 18.3 Å². The van der Waals surface area contributed by atoms with Gasteiger partial charge in [0.2, 0.25) is 0 Å². The van der Waals surface area contributed by atoms with E-state index in [0.717, 1.165) is 36.2 Å². The van der Waals surface area contributed by atoms with Crippen molar-refractivity contribution in [3.8, 4) is 0 Å². The van der Waals surface area contributed by atoms with E-state index in [1.807, 2.05) is 0 Å². The van der Waals surface area contributed by atoms with Gasteiger partial charge in [0.25, 0.3) is 0 Å². The van der Waals surface area contributed by atoms with E-state index < -0.39 is 0 Å². The minimum absolute atomic E-state index is 0.0664. The molecule has 1 aromatic carbocycles. The van der Waals surface area contributed by atoms with Crippen LogP contribution in [0.3, 0.4) is 0 Å². The summed E-state index contributed by atoms with van der Waals surface area (Å²) in [4.78, 5) is 4.63. The van der Waals surface area contributed by atoms with E-state index in [4.69, 9.17) is 11.5 Å². The quantitative estimate of drug-likeness (QED) is 0.887. The van der Waals surface area contributed by atoms with Gasteiger partial charge in [-0.15, -0.1) is 0 Å². The van der Waals surface area contributed by atoms with E-state index in [9.17, 15) is 4.39 Å². The third-order valence-electron chi connectivity index (χ3n) is 4.24. The van der Waals surface area contributed by atoms with Gasteiger partial charge in [-0.05, 0) is 55.0 Å². The Labute approximate surface area is 131 Å². The summed E-state index contributed by atoms with van der Waals surface area (Å²) in [5.41, 5.74) is 15.6. The summed E-state index contributed by atoms with van der Waals surface area (Å²) in [5.74, 6) is -0.264. The predicted octanol–water partition coefficient (Wildman–Crippen LogP) is 3.84. The lowest BCUT2D eigenvalue weighted by atomic mass is 9.70. The van der Waals surface area contributed by atoms with Crippen molar-refractivity contribution in [3.05, 3.63) is 53.5 Å². The lowest BCUT2D eigenvalue weighted by Gasteiger charge is -2.36. The molecular formula is C18H24FN3. The summed E-state index contributed by atoms with van der Waals surface area (Å²) in [7, 11) is 0. The summed E-state index contributed by atoms with van der Waals surface area (Å²) in [6, 6.07) is 6.16. The number of hydrogen-bond acceptors (Lipinski definition) is 3. The summed E-state index contributed by atoms with van der Waals surface area (Å²) < 4.78 is 13.0. The molecule has 4 heteroatoms. The van der Waals surface area contributed by atoms with Crippen LogP contribution in [0.5, 0.6) is 0 Å². The highest BCUT2D eigenvalue weighted by atomic mass is 19.1. The van der Waals surface area contributed by atoms with Crippen LogP contribution in [0.2, 0.25) is 0 Å². The number of hydrogen-bond donors (Lipinski definition) is 2. The largest absolute Gasteiger partial charge is 0.404 e. The zero-order valence-corrected chi connectivity index (χ0v) is 13.3. The van der Waals surface area contributed by atoms with E-state index in [2.05, 4.69) is 24.9 Å². The van der Waals surface area contributed by atoms with Crippen molar-refractivity contribution < 1.29 is 4.39 Å². The summed E-state index contributed by atoms with van der Waals surface area (Å²) in [5, 5.41) is 0. The number of halogens is 1. The molecule has 0 saturated carbocycles. The molecular weight excluding hydrogens is 277 g/mol. The third kappa shape index (κ3) is 3.45. The van der Waals surface area contributed by atoms with E-state index >= 15 is 0 Å². The molecule has 0 aliphatic heterocycles. The van der Waals surface area contributed by atoms with Gasteiger partial charge in [-0.1, -0.05) is 25.8 Å². The number of aliphatic imine (C=N–C) groups is 1. The molecule has 0 aromatic heterocycles. The zero-order valence-electron chi connectivity index (χ0n) is 13.3. The number of nitrogens with two attached hydrogens (primary N) is 2. The maximum Gasteiger partial charge on any atom is 0.123 e. The molecule has 1 unspecified atom stereocenters. The molecule has 22 heavy (non-hydrogen) atoms. The van der Waals surface area contributed by atoms with Gasteiger partial charge in [0, 0.05) is 12.0 Å². The monoisotopic (exact) mass is 301 g/mol. The smallest absolute Gasteiger partial charge is 0.123 e. The van der Waals surface area contributed by atoms with Crippen LogP contribution >= 0.6 is 0 Å². The van der Waals surface area contributed by atoms with Crippen molar-refractivity contribution in [2.24, 2.45) is 21.9 Å². The Balaban J connectivity index is 2.46. The third-order valence-corrected chi connectivity index (χ3v) is 4.24. The van der Waals surface area contributed by atoms with Gasteiger partial charge >= 0.3 is 0 Å². The summed E-state index contributed by atoms with van der Waals surface area (Å²) >= 11 is 0. The van der Waals surface area contributed by atoms with E-state index in [-0.39, 0.29) is 11.2 Å². The topological polar surface area (TPSA) is 64.4 Å². The summed E-state index contributed by atoms with van der Waals surface area (Å²) in [6.07, 6.45) is 6.55. The second-order valence-electron chi connectivity index (χ2n) is 6.03. The molecule has 2 rings (SSSR count). The lowest BCUT2D eigenvalue weighted by Crippen LogP contribution is -2.34. The highest BCUT2D eigenvalue weighted by molar-refractivity contribution is 6.11. The van der Waals surface area contributed by atoms with Crippen LogP contribution in [0, 0.1) is 11.2 Å². The molecule has 0 radical (unpaired) electrons. The molecule has 4 N–H and O–H groups in total. The van der Waals surface area contributed by atoms with Crippen LogP contribution < -0.4 is 11.5 Å². The van der Waals surface area contributed by atoms with Crippen molar-refractivity contribution in [1.29, 1.82) is 0 Å². The number of nitrogens with zero attached hydrogens (tertiary/aromatic N) is 1. The van der Waals surface area contributed by atoms with Crippen molar-refractivity contribution in [1.82, 2.24) is 0 Å². The first-order valence-electron chi connectivity index (χ1n) is 7.69. The first kappa shape index (κ1) is 16.4. The van der Waals surface area contributed by atoms with Gasteiger partial charge in [0.15, 0.2) is 0 Å². The fourth-order valence-electron chi connectivity index (χ4n) is 2.81. The highest BCUT2D eigenvalue weighted by Gasteiger charge is 2.33. The first-order chi connectivity index (χ1) is 10.5. The molecule has 0 heterocycles. The zero-order chi connectivity index (χ0) is 16.2. The minimum atomic E-state index is -0.264. The molecule has 118 valence electrons. The summed E-state index contributed by atoms with van der Waals surface area (Å²) in [6.45, 7) is 4.91. The average molecular weight is 301 g/mol. The van der Waals surface area contributed by atoms with Crippen molar-refractivity contribution in [3.63, 3.8) is 0 Å². The molecule has 0 spiro atoms. The van der Waals surface area contributed by atoms with Gasteiger partial charge in [-0.25, -0.2) is 9.38 Å². The Kier molecular flexibility index (Phi) is 5.14. The average Bonchev–Trinajstić information content (AvgIpc) is 2.52. The highest BCUT2D eigenvalue weighted by Crippen LogP contribution is 2.40. The van der Waals surface area contributed by atoms with Crippen molar-refractivity contribution >= 4 is 11.4 Å². The van der Waals surface area contributed by atoms with Gasteiger partial charge in [-0.2, -0.15) is 0 Å². The molecule has 0 saturated heterocycles. The minimum Gasteiger partial charge on any atom is -0.404 e. The lowest BCUT2D eigenvalue weighted by molar-refractivity contribution is 0.391. The maximum absolute atomic E-state index is 13.0. The number of rotatable bonds is 4. The van der Waals surface area contributed by atoms with Gasteiger partial charge < -0.3 is 11.5 Å².